The molecule has 0 spiro atoms. The number of nitro groups is 1. The number of carbonyl (C=O) groups is 3. The molecule has 4 atom stereocenters. The van der Waals surface area contributed by atoms with Crippen molar-refractivity contribution < 1.29 is 19.3 Å². The summed E-state index contributed by atoms with van der Waals surface area (Å²) in [6.07, 6.45) is 3.68. The molecule has 3 aliphatic heterocycles. The molecule has 178 valence electrons. The Labute approximate surface area is 205 Å². The normalized spacial score (nSPS) is 23.8. The Morgan fingerprint density at radius 3 is 2.25 bits per heavy atom. The maximum atomic E-state index is 13.8. The second-order valence-corrected chi connectivity index (χ2v) is 8.97. The molecule has 0 bridgehead atoms. The van der Waals surface area contributed by atoms with Gasteiger partial charge >= 0.3 is 0 Å². The molecular weight excluding hydrogens is 460 g/mol. The Hall–Kier alpha value is -4.79. The minimum atomic E-state index is -0.919. The molecular formula is C27H20N4O5. The number of nitrogens with one attached hydrogen (secondary N) is 1. The van der Waals surface area contributed by atoms with Gasteiger partial charge in [0.2, 0.25) is 17.7 Å². The first kappa shape index (κ1) is 21.7. The molecule has 2 saturated heterocycles. The Bertz CT molecular complexity index is 1440. The molecule has 0 radical (unpaired) electrons. The number of para-hydroxylation sites is 1. The number of anilines is 2. The second-order valence-electron chi connectivity index (χ2n) is 8.97. The average Bonchev–Trinajstić information content (AvgIpc) is 3.37. The molecule has 0 unspecified atom stereocenters. The van der Waals surface area contributed by atoms with Crippen LogP contribution in [0.15, 0.2) is 85.1 Å². The van der Waals surface area contributed by atoms with E-state index in [2.05, 4.69) is 5.32 Å². The minimum absolute atomic E-state index is 0.143. The lowest BCUT2D eigenvalue weighted by atomic mass is 9.84. The van der Waals surface area contributed by atoms with Gasteiger partial charge in [0.05, 0.1) is 28.5 Å². The lowest BCUT2D eigenvalue weighted by Gasteiger charge is -2.35. The Balaban J connectivity index is 1.43. The van der Waals surface area contributed by atoms with E-state index >= 15 is 0 Å². The van der Waals surface area contributed by atoms with Crippen LogP contribution >= 0.6 is 0 Å². The quantitative estimate of drug-likeness (QED) is 0.346. The van der Waals surface area contributed by atoms with E-state index in [9.17, 15) is 24.5 Å². The Kier molecular flexibility index (Phi) is 4.92. The van der Waals surface area contributed by atoms with Crippen LogP contribution in [0.3, 0.4) is 0 Å². The molecule has 9 nitrogen and oxygen atoms in total. The zero-order chi connectivity index (χ0) is 25.0. The van der Waals surface area contributed by atoms with E-state index in [-0.39, 0.29) is 17.3 Å². The number of fused-ring (bicyclic) bond motifs is 5. The molecule has 0 saturated carbocycles. The van der Waals surface area contributed by atoms with Gasteiger partial charge in [0.25, 0.3) is 5.69 Å². The molecule has 36 heavy (non-hydrogen) atoms. The van der Waals surface area contributed by atoms with Crippen LogP contribution in [0.1, 0.15) is 17.2 Å². The standard InChI is InChI=1S/C27H20N4O5/c32-25(28-17-7-2-1-3-8-17)24-22-21(23-20-9-5-4-6-16(20)14-15-29(23)24)26(33)30(27(22)34)18-10-12-19(13-11-18)31(35)36/h1-15,21-24H,(H,28,32)/t21-,22+,23-,24-/m0/s1. The fraction of sp³-hybridized carbons (Fsp3) is 0.148. The van der Waals surface area contributed by atoms with Gasteiger partial charge < -0.3 is 10.2 Å². The summed E-state index contributed by atoms with van der Waals surface area (Å²) in [5.41, 5.74) is 2.49. The molecule has 3 aromatic carbocycles. The third kappa shape index (κ3) is 3.20. The SMILES string of the molecule is O=C(Nc1ccccc1)[C@@H]1[C@@H]2C(=O)N(c3ccc([N+](=O)[O-])cc3)C(=O)[C@@H]2[C@@H]2c3ccccc3C=CN12. The average molecular weight is 480 g/mol. The number of carbonyl (C=O) groups excluding carboxylic acids is 3. The van der Waals surface area contributed by atoms with Crippen LogP contribution < -0.4 is 10.2 Å². The van der Waals surface area contributed by atoms with Gasteiger partial charge in [-0.05, 0) is 41.5 Å². The fourth-order valence-corrected chi connectivity index (χ4v) is 5.57. The first-order valence-corrected chi connectivity index (χ1v) is 11.5. The third-order valence-electron chi connectivity index (χ3n) is 7.09. The maximum absolute atomic E-state index is 13.8. The highest BCUT2D eigenvalue weighted by molar-refractivity contribution is 6.24. The predicted octanol–water partition coefficient (Wildman–Crippen LogP) is 3.75. The van der Waals surface area contributed by atoms with Crippen LogP contribution in [0.4, 0.5) is 17.1 Å². The van der Waals surface area contributed by atoms with Crippen LogP contribution in [-0.2, 0) is 14.4 Å². The molecule has 3 aliphatic rings. The molecule has 0 aromatic heterocycles. The molecule has 0 aliphatic carbocycles. The number of rotatable bonds is 4. The van der Waals surface area contributed by atoms with Crippen molar-refractivity contribution in [3.05, 3.63) is 106 Å². The Morgan fingerprint density at radius 1 is 0.861 bits per heavy atom. The van der Waals surface area contributed by atoms with Gasteiger partial charge in [-0.25, -0.2) is 4.90 Å². The first-order chi connectivity index (χ1) is 17.5. The molecule has 3 aromatic rings. The van der Waals surface area contributed by atoms with E-state index in [0.717, 1.165) is 16.0 Å². The second kappa shape index (κ2) is 8.16. The monoisotopic (exact) mass is 480 g/mol. The smallest absolute Gasteiger partial charge is 0.269 e. The van der Waals surface area contributed by atoms with Crippen molar-refractivity contribution in [2.24, 2.45) is 11.8 Å². The fourth-order valence-electron chi connectivity index (χ4n) is 5.57. The van der Waals surface area contributed by atoms with E-state index in [0.29, 0.717) is 5.69 Å². The molecule has 2 fully saturated rings. The van der Waals surface area contributed by atoms with Gasteiger partial charge in [-0.1, -0.05) is 42.5 Å². The summed E-state index contributed by atoms with van der Waals surface area (Å²) in [5.74, 6) is -3.00. The van der Waals surface area contributed by atoms with Crippen LogP contribution in [0.2, 0.25) is 0 Å². The number of hydrogen-bond donors (Lipinski definition) is 1. The highest BCUT2D eigenvalue weighted by Crippen LogP contribution is 2.53. The van der Waals surface area contributed by atoms with Crippen molar-refractivity contribution in [2.75, 3.05) is 10.2 Å². The van der Waals surface area contributed by atoms with Gasteiger partial charge in [-0.3, -0.25) is 24.5 Å². The zero-order valence-electron chi connectivity index (χ0n) is 18.9. The van der Waals surface area contributed by atoms with E-state index in [1.807, 2.05) is 41.3 Å². The van der Waals surface area contributed by atoms with Crippen LogP contribution in [0, 0.1) is 22.0 Å². The molecule has 1 N–H and O–H groups in total. The van der Waals surface area contributed by atoms with Crippen LogP contribution in [-0.4, -0.2) is 33.6 Å². The lowest BCUT2D eigenvalue weighted by molar-refractivity contribution is -0.384. The number of amides is 3. The number of nitro benzene ring substituents is 1. The summed E-state index contributed by atoms with van der Waals surface area (Å²) in [4.78, 5) is 54.6. The minimum Gasteiger partial charge on any atom is -0.357 e. The van der Waals surface area contributed by atoms with Gasteiger partial charge in [-0.2, -0.15) is 0 Å². The summed E-state index contributed by atoms with van der Waals surface area (Å²) in [7, 11) is 0. The summed E-state index contributed by atoms with van der Waals surface area (Å²) in [6, 6.07) is 20.5. The lowest BCUT2D eigenvalue weighted by Crippen LogP contribution is -2.46. The summed E-state index contributed by atoms with van der Waals surface area (Å²) < 4.78 is 0. The van der Waals surface area contributed by atoms with E-state index in [1.165, 1.54) is 24.3 Å². The van der Waals surface area contributed by atoms with Crippen LogP contribution in [0.5, 0.6) is 0 Å². The van der Waals surface area contributed by atoms with Gasteiger partial charge in [-0.15, -0.1) is 0 Å². The zero-order valence-corrected chi connectivity index (χ0v) is 18.9. The molecule has 3 heterocycles. The number of hydrogen-bond acceptors (Lipinski definition) is 6. The van der Waals surface area contributed by atoms with Gasteiger partial charge in [0.15, 0.2) is 0 Å². The van der Waals surface area contributed by atoms with Crippen molar-refractivity contribution in [3.8, 4) is 0 Å². The van der Waals surface area contributed by atoms with Crippen molar-refractivity contribution in [3.63, 3.8) is 0 Å². The largest absolute Gasteiger partial charge is 0.357 e. The number of imide groups is 1. The topological polar surface area (TPSA) is 113 Å². The van der Waals surface area contributed by atoms with E-state index in [4.69, 9.17) is 0 Å². The van der Waals surface area contributed by atoms with Crippen molar-refractivity contribution in [1.29, 1.82) is 0 Å². The summed E-state index contributed by atoms with van der Waals surface area (Å²) >= 11 is 0. The molecule has 6 rings (SSSR count). The predicted molar refractivity (Wildman–Crippen MR) is 131 cm³/mol. The third-order valence-corrected chi connectivity index (χ3v) is 7.09. The summed E-state index contributed by atoms with van der Waals surface area (Å²) in [6.45, 7) is 0. The van der Waals surface area contributed by atoms with Crippen molar-refractivity contribution in [2.45, 2.75) is 12.1 Å². The number of nitrogens with zero attached hydrogens (tertiary/aromatic N) is 3. The molecule has 3 amide bonds. The first-order valence-electron chi connectivity index (χ1n) is 11.5. The van der Waals surface area contributed by atoms with Crippen LogP contribution in [0.25, 0.3) is 6.08 Å². The van der Waals surface area contributed by atoms with E-state index < -0.39 is 40.7 Å². The maximum Gasteiger partial charge on any atom is 0.269 e. The highest BCUT2D eigenvalue weighted by atomic mass is 16.6. The molecule has 9 heteroatoms. The van der Waals surface area contributed by atoms with Gasteiger partial charge in [0, 0.05) is 24.0 Å². The Morgan fingerprint density at radius 2 is 1.53 bits per heavy atom. The van der Waals surface area contributed by atoms with Gasteiger partial charge in [0.1, 0.15) is 6.04 Å². The highest BCUT2D eigenvalue weighted by Gasteiger charge is 2.64. The van der Waals surface area contributed by atoms with Crippen molar-refractivity contribution >= 4 is 40.9 Å². The van der Waals surface area contributed by atoms with Crippen molar-refractivity contribution in [1.82, 2.24) is 4.90 Å². The summed E-state index contributed by atoms with van der Waals surface area (Å²) in [5, 5.41) is 14.0. The number of non-ortho nitro benzene ring substituents is 1. The van der Waals surface area contributed by atoms with E-state index in [1.54, 1.807) is 30.5 Å². The number of benzene rings is 3.